The lowest BCUT2D eigenvalue weighted by Crippen LogP contribution is -2.19. The predicted molar refractivity (Wildman–Crippen MR) is 54.9 cm³/mol. The molecule has 13 heavy (non-hydrogen) atoms. The van der Waals surface area contributed by atoms with E-state index in [4.69, 9.17) is 5.41 Å². The maximum atomic E-state index is 7.79. The molecule has 0 bridgehead atoms. The Labute approximate surface area is 78.6 Å². The van der Waals surface area contributed by atoms with Crippen LogP contribution in [0.2, 0.25) is 0 Å². The molecule has 1 rings (SSSR count). The summed E-state index contributed by atoms with van der Waals surface area (Å²) in [5.74, 6) is 0.724. The molecule has 3 nitrogen and oxygen atoms in total. The lowest BCUT2D eigenvalue weighted by atomic mass is 10.2. The highest BCUT2D eigenvalue weighted by atomic mass is 15.3. The van der Waals surface area contributed by atoms with Crippen LogP contribution >= 0.6 is 0 Å². The maximum Gasteiger partial charge on any atom is 0.125 e. The lowest BCUT2D eigenvalue weighted by molar-refractivity contribution is 0.775. The Bertz CT molecular complexity index is 321. The van der Waals surface area contributed by atoms with Gasteiger partial charge in [-0.1, -0.05) is 19.9 Å². The van der Waals surface area contributed by atoms with Gasteiger partial charge in [-0.05, 0) is 19.1 Å². The molecule has 0 aliphatic heterocycles. The Morgan fingerprint density at radius 1 is 1.62 bits per heavy atom. The van der Waals surface area contributed by atoms with Crippen molar-refractivity contribution in [3.63, 3.8) is 0 Å². The van der Waals surface area contributed by atoms with E-state index in [0.717, 1.165) is 5.69 Å². The van der Waals surface area contributed by atoms with Crippen LogP contribution in [-0.2, 0) is 0 Å². The molecule has 0 amide bonds. The Morgan fingerprint density at radius 2 is 2.31 bits per heavy atom. The van der Waals surface area contributed by atoms with Crippen LogP contribution in [0.1, 0.15) is 26.5 Å². The monoisotopic (exact) mass is 177 g/mol. The summed E-state index contributed by atoms with van der Waals surface area (Å²) in [4.78, 5) is 0. The predicted octanol–water partition coefficient (Wildman–Crippen LogP) is 2.40. The summed E-state index contributed by atoms with van der Waals surface area (Å²) in [6, 6.07) is 1.90. The van der Waals surface area contributed by atoms with Gasteiger partial charge < -0.3 is 0 Å². The van der Waals surface area contributed by atoms with E-state index in [9.17, 15) is 0 Å². The first-order valence-corrected chi connectivity index (χ1v) is 4.42. The minimum atomic E-state index is 0.198. The first-order chi connectivity index (χ1) is 6.16. The molecule has 0 aliphatic rings. The molecule has 1 N–H and O–H groups in total. The van der Waals surface area contributed by atoms with Crippen LogP contribution in [0, 0.1) is 11.3 Å². The second-order valence-electron chi connectivity index (χ2n) is 3.21. The minimum absolute atomic E-state index is 0.198. The zero-order chi connectivity index (χ0) is 9.84. The molecule has 1 aromatic rings. The molecule has 3 heteroatoms. The SMILES string of the molecule is C/C=C\c1ccnn1C(=N)C(C)C. The average Bonchev–Trinajstić information content (AvgIpc) is 2.52. The van der Waals surface area contributed by atoms with Crippen LogP contribution in [0.3, 0.4) is 0 Å². The lowest BCUT2D eigenvalue weighted by Gasteiger charge is -2.08. The standard InChI is InChI=1S/C10H15N3/c1-4-5-9-6-7-12-13(9)10(11)8(2)3/h4-8,11H,1-3H3/b5-4-,11-10?. The molecule has 0 fully saturated rings. The van der Waals surface area contributed by atoms with Crippen molar-refractivity contribution in [2.45, 2.75) is 20.8 Å². The first-order valence-electron chi connectivity index (χ1n) is 4.42. The normalized spacial score (nSPS) is 11.4. The van der Waals surface area contributed by atoms with E-state index < -0.39 is 0 Å². The number of hydrogen-bond donors (Lipinski definition) is 1. The Balaban J connectivity index is 3.00. The molecule has 0 radical (unpaired) electrons. The largest absolute Gasteiger partial charge is 0.286 e. The van der Waals surface area contributed by atoms with E-state index in [1.165, 1.54) is 0 Å². The number of rotatable bonds is 2. The second kappa shape index (κ2) is 4.03. The van der Waals surface area contributed by atoms with Gasteiger partial charge in [0.25, 0.3) is 0 Å². The minimum Gasteiger partial charge on any atom is -0.286 e. The van der Waals surface area contributed by atoms with Gasteiger partial charge in [-0.3, -0.25) is 5.41 Å². The molecule has 0 spiro atoms. The van der Waals surface area contributed by atoms with Crippen molar-refractivity contribution >= 4 is 11.9 Å². The highest BCUT2D eigenvalue weighted by molar-refractivity contribution is 5.84. The number of aromatic nitrogens is 2. The van der Waals surface area contributed by atoms with Gasteiger partial charge in [0.05, 0.1) is 11.9 Å². The Morgan fingerprint density at radius 3 is 2.85 bits per heavy atom. The van der Waals surface area contributed by atoms with Gasteiger partial charge in [0.1, 0.15) is 5.84 Å². The van der Waals surface area contributed by atoms with Crippen molar-refractivity contribution in [1.82, 2.24) is 9.78 Å². The molecule has 1 aromatic heterocycles. The first kappa shape index (κ1) is 9.71. The summed E-state index contributed by atoms with van der Waals surface area (Å²) < 4.78 is 1.66. The summed E-state index contributed by atoms with van der Waals surface area (Å²) >= 11 is 0. The van der Waals surface area contributed by atoms with Gasteiger partial charge in [0.2, 0.25) is 0 Å². The summed E-state index contributed by atoms with van der Waals surface area (Å²) in [5, 5.41) is 11.9. The van der Waals surface area contributed by atoms with Crippen molar-refractivity contribution in [1.29, 1.82) is 5.41 Å². The third-order valence-corrected chi connectivity index (χ3v) is 1.78. The molecular formula is C10H15N3. The zero-order valence-corrected chi connectivity index (χ0v) is 8.28. The van der Waals surface area contributed by atoms with Crippen LogP contribution in [-0.4, -0.2) is 15.6 Å². The maximum absolute atomic E-state index is 7.79. The van der Waals surface area contributed by atoms with Crippen molar-refractivity contribution in [2.75, 3.05) is 0 Å². The van der Waals surface area contributed by atoms with Crippen LogP contribution in [0.15, 0.2) is 18.3 Å². The van der Waals surface area contributed by atoms with Crippen molar-refractivity contribution in [3.8, 4) is 0 Å². The van der Waals surface area contributed by atoms with E-state index >= 15 is 0 Å². The third-order valence-electron chi connectivity index (χ3n) is 1.78. The second-order valence-corrected chi connectivity index (χ2v) is 3.21. The van der Waals surface area contributed by atoms with Crippen molar-refractivity contribution in [3.05, 3.63) is 24.0 Å². The summed E-state index contributed by atoms with van der Waals surface area (Å²) in [7, 11) is 0. The van der Waals surface area contributed by atoms with E-state index in [2.05, 4.69) is 5.10 Å². The molecule has 0 saturated carbocycles. The summed E-state index contributed by atoms with van der Waals surface area (Å²) in [6.07, 6.45) is 5.61. The van der Waals surface area contributed by atoms with Gasteiger partial charge in [0, 0.05) is 5.92 Å². The highest BCUT2D eigenvalue weighted by Crippen LogP contribution is 2.05. The van der Waals surface area contributed by atoms with E-state index in [-0.39, 0.29) is 5.92 Å². The Hall–Kier alpha value is -1.38. The molecule has 0 saturated heterocycles. The summed E-state index contributed by atoms with van der Waals surface area (Å²) in [6.45, 7) is 5.93. The molecular weight excluding hydrogens is 162 g/mol. The highest BCUT2D eigenvalue weighted by Gasteiger charge is 2.08. The van der Waals surface area contributed by atoms with Crippen molar-refractivity contribution in [2.24, 2.45) is 5.92 Å². The number of hydrogen-bond acceptors (Lipinski definition) is 2. The fourth-order valence-electron chi connectivity index (χ4n) is 1.06. The fraction of sp³-hybridized carbons (Fsp3) is 0.400. The average molecular weight is 177 g/mol. The fourth-order valence-corrected chi connectivity index (χ4v) is 1.06. The van der Waals surface area contributed by atoms with Gasteiger partial charge in [0.15, 0.2) is 0 Å². The topological polar surface area (TPSA) is 41.7 Å². The van der Waals surface area contributed by atoms with Crippen LogP contribution in [0.25, 0.3) is 6.08 Å². The zero-order valence-electron chi connectivity index (χ0n) is 8.28. The number of nitrogens with one attached hydrogen (secondary N) is 1. The van der Waals surface area contributed by atoms with Gasteiger partial charge >= 0.3 is 0 Å². The molecule has 0 aliphatic carbocycles. The smallest absolute Gasteiger partial charge is 0.125 e. The third kappa shape index (κ3) is 2.05. The van der Waals surface area contributed by atoms with Gasteiger partial charge in [-0.15, -0.1) is 0 Å². The molecule has 70 valence electrons. The summed E-state index contributed by atoms with van der Waals surface area (Å²) in [5.41, 5.74) is 0.959. The van der Waals surface area contributed by atoms with Gasteiger partial charge in [-0.25, -0.2) is 4.68 Å². The van der Waals surface area contributed by atoms with Crippen LogP contribution in [0.4, 0.5) is 0 Å². The Kier molecular flexibility index (Phi) is 3.01. The molecule has 0 unspecified atom stereocenters. The molecule has 0 atom stereocenters. The van der Waals surface area contributed by atoms with Gasteiger partial charge in [-0.2, -0.15) is 5.10 Å². The van der Waals surface area contributed by atoms with E-state index in [0.29, 0.717) is 5.84 Å². The number of allylic oxidation sites excluding steroid dienone is 1. The van der Waals surface area contributed by atoms with E-state index in [1.54, 1.807) is 10.9 Å². The molecule has 0 aromatic carbocycles. The van der Waals surface area contributed by atoms with E-state index in [1.807, 2.05) is 39.0 Å². The molecule has 1 heterocycles. The van der Waals surface area contributed by atoms with Crippen LogP contribution < -0.4 is 0 Å². The van der Waals surface area contributed by atoms with Crippen LogP contribution in [0.5, 0.6) is 0 Å². The van der Waals surface area contributed by atoms with Crippen molar-refractivity contribution < 1.29 is 0 Å². The number of nitrogens with zero attached hydrogens (tertiary/aromatic N) is 2. The quantitative estimate of drug-likeness (QED) is 0.547.